The number of benzene rings is 2. The van der Waals surface area contributed by atoms with Gasteiger partial charge in [-0.15, -0.1) is 12.4 Å². The molecule has 0 saturated carbocycles. The van der Waals surface area contributed by atoms with Crippen molar-refractivity contribution in [3.05, 3.63) is 47.0 Å². The van der Waals surface area contributed by atoms with Crippen molar-refractivity contribution in [2.45, 2.75) is 33.6 Å². The maximum Gasteiger partial charge on any atom is 0.161 e. The summed E-state index contributed by atoms with van der Waals surface area (Å²) in [4.78, 5) is 4.74. The molecule has 0 aromatic heterocycles. The Balaban J connectivity index is 0.00000280. The van der Waals surface area contributed by atoms with Gasteiger partial charge in [0.15, 0.2) is 23.0 Å². The van der Waals surface area contributed by atoms with E-state index in [0.29, 0.717) is 32.0 Å². The number of aliphatic imine (C=N–C) groups is 1. The van der Waals surface area contributed by atoms with E-state index in [2.05, 4.69) is 0 Å². The number of aromatic hydroxyl groups is 1. The highest BCUT2D eigenvalue weighted by atomic mass is 35.5. The number of phenols is 1. The molecule has 152 valence electrons. The molecule has 1 heterocycles. The predicted octanol–water partition coefficient (Wildman–Crippen LogP) is 4.60. The van der Waals surface area contributed by atoms with Gasteiger partial charge < -0.3 is 19.3 Å². The van der Waals surface area contributed by atoms with E-state index in [1.54, 1.807) is 6.07 Å². The molecule has 5 nitrogen and oxygen atoms in total. The Morgan fingerprint density at radius 1 is 0.893 bits per heavy atom. The highest BCUT2D eigenvalue weighted by Crippen LogP contribution is 2.33. The summed E-state index contributed by atoms with van der Waals surface area (Å²) < 4.78 is 16.9. The summed E-state index contributed by atoms with van der Waals surface area (Å²) in [6.07, 6.45) is 1.52. The Hall–Kier alpha value is -2.40. The summed E-state index contributed by atoms with van der Waals surface area (Å²) in [5, 5.41) is 10.2. The maximum atomic E-state index is 10.2. The molecule has 0 unspecified atom stereocenters. The van der Waals surface area contributed by atoms with Gasteiger partial charge in [-0.1, -0.05) is 6.07 Å². The molecule has 0 fully saturated rings. The minimum atomic E-state index is 0. The Bertz CT molecular complexity index is 836. The van der Waals surface area contributed by atoms with Crippen molar-refractivity contribution in [2.24, 2.45) is 4.99 Å². The summed E-state index contributed by atoms with van der Waals surface area (Å²) in [7, 11) is 0. The Kier molecular flexibility index (Phi) is 8.00. The van der Waals surface area contributed by atoms with Crippen LogP contribution in [0.15, 0.2) is 35.3 Å². The van der Waals surface area contributed by atoms with E-state index in [4.69, 9.17) is 19.2 Å². The first kappa shape index (κ1) is 21.9. The molecule has 2 aromatic carbocycles. The third-order valence-electron chi connectivity index (χ3n) is 4.46. The summed E-state index contributed by atoms with van der Waals surface area (Å²) in [5.41, 5.74) is 4.27. The lowest BCUT2D eigenvalue weighted by Crippen LogP contribution is -2.16. The smallest absolute Gasteiger partial charge is 0.161 e. The Morgan fingerprint density at radius 2 is 1.57 bits per heavy atom. The fraction of sp³-hybridized carbons (Fsp3) is 0.409. The number of ether oxygens (including phenoxy) is 3. The van der Waals surface area contributed by atoms with Gasteiger partial charge in [0.25, 0.3) is 0 Å². The highest BCUT2D eigenvalue weighted by molar-refractivity contribution is 6.04. The second-order valence-corrected chi connectivity index (χ2v) is 6.31. The SMILES string of the molecule is CCOc1cc2c(cc1O)CCN=C2Cc1ccc(OCC)c(OCC)c1.Cl. The van der Waals surface area contributed by atoms with Crippen LogP contribution in [0.3, 0.4) is 0 Å². The number of halogens is 1. The lowest BCUT2D eigenvalue weighted by molar-refractivity contribution is 0.287. The third kappa shape index (κ3) is 4.90. The predicted molar refractivity (Wildman–Crippen MR) is 114 cm³/mol. The molecule has 0 atom stereocenters. The lowest BCUT2D eigenvalue weighted by Gasteiger charge is -2.20. The van der Waals surface area contributed by atoms with Gasteiger partial charge in [0.05, 0.1) is 19.8 Å². The normalized spacial score (nSPS) is 12.5. The van der Waals surface area contributed by atoms with Gasteiger partial charge in [-0.2, -0.15) is 0 Å². The minimum absolute atomic E-state index is 0. The van der Waals surface area contributed by atoms with Crippen LogP contribution in [0.25, 0.3) is 0 Å². The number of fused-ring (bicyclic) bond motifs is 1. The van der Waals surface area contributed by atoms with E-state index in [9.17, 15) is 5.11 Å². The van der Waals surface area contributed by atoms with Crippen molar-refractivity contribution < 1.29 is 19.3 Å². The van der Waals surface area contributed by atoms with E-state index in [-0.39, 0.29) is 18.2 Å². The average molecular weight is 406 g/mol. The van der Waals surface area contributed by atoms with Crippen molar-refractivity contribution in [1.82, 2.24) is 0 Å². The van der Waals surface area contributed by atoms with E-state index in [1.165, 1.54) is 0 Å². The number of nitrogens with zero attached hydrogens (tertiary/aromatic N) is 1. The van der Waals surface area contributed by atoms with Crippen LogP contribution >= 0.6 is 12.4 Å². The third-order valence-corrected chi connectivity index (χ3v) is 4.46. The van der Waals surface area contributed by atoms with Gasteiger partial charge in [-0.05, 0) is 62.6 Å². The lowest BCUT2D eigenvalue weighted by atomic mass is 9.93. The van der Waals surface area contributed by atoms with Crippen LogP contribution < -0.4 is 14.2 Å². The number of hydrogen-bond donors (Lipinski definition) is 1. The summed E-state index contributed by atoms with van der Waals surface area (Å²) in [6, 6.07) is 9.74. The molecule has 0 amide bonds. The van der Waals surface area contributed by atoms with E-state index in [1.807, 2.05) is 45.0 Å². The van der Waals surface area contributed by atoms with Crippen LogP contribution in [0.5, 0.6) is 23.0 Å². The van der Waals surface area contributed by atoms with Crippen molar-refractivity contribution in [1.29, 1.82) is 0 Å². The summed E-state index contributed by atoms with van der Waals surface area (Å²) in [6.45, 7) is 8.26. The molecule has 28 heavy (non-hydrogen) atoms. The molecular formula is C22H28ClNO4. The summed E-state index contributed by atoms with van der Waals surface area (Å²) in [5.74, 6) is 2.22. The molecule has 0 radical (unpaired) electrons. The number of hydrogen-bond acceptors (Lipinski definition) is 5. The van der Waals surface area contributed by atoms with Crippen molar-refractivity contribution >= 4 is 18.1 Å². The topological polar surface area (TPSA) is 60.3 Å². The van der Waals surface area contributed by atoms with Gasteiger partial charge in [0.1, 0.15) is 0 Å². The van der Waals surface area contributed by atoms with Crippen LogP contribution in [0, 0.1) is 0 Å². The molecule has 1 N–H and O–H groups in total. The van der Waals surface area contributed by atoms with Crippen LogP contribution in [-0.2, 0) is 12.8 Å². The van der Waals surface area contributed by atoms with Crippen molar-refractivity contribution in [2.75, 3.05) is 26.4 Å². The number of rotatable bonds is 8. The van der Waals surface area contributed by atoms with E-state index in [0.717, 1.165) is 46.9 Å². The van der Waals surface area contributed by atoms with Gasteiger partial charge in [0, 0.05) is 24.2 Å². The second kappa shape index (κ2) is 10.2. The average Bonchev–Trinajstić information content (AvgIpc) is 2.65. The molecule has 0 spiro atoms. The van der Waals surface area contributed by atoms with E-state index < -0.39 is 0 Å². The Morgan fingerprint density at radius 3 is 2.29 bits per heavy atom. The van der Waals surface area contributed by atoms with Crippen LogP contribution in [0.4, 0.5) is 0 Å². The van der Waals surface area contributed by atoms with Gasteiger partial charge in [-0.3, -0.25) is 4.99 Å². The van der Waals surface area contributed by atoms with E-state index >= 15 is 0 Å². The largest absolute Gasteiger partial charge is 0.504 e. The molecule has 0 aliphatic carbocycles. The zero-order valence-corrected chi connectivity index (χ0v) is 17.5. The van der Waals surface area contributed by atoms with Gasteiger partial charge >= 0.3 is 0 Å². The molecule has 6 heteroatoms. The summed E-state index contributed by atoms with van der Waals surface area (Å²) >= 11 is 0. The molecule has 1 aliphatic rings. The van der Waals surface area contributed by atoms with Crippen LogP contribution in [-0.4, -0.2) is 37.2 Å². The molecule has 3 rings (SSSR count). The number of phenolic OH excluding ortho intramolecular Hbond substituents is 1. The minimum Gasteiger partial charge on any atom is -0.504 e. The first-order valence-corrected chi connectivity index (χ1v) is 9.57. The molecule has 2 aromatic rings. The second-order valence-electron chi connectivity index (χ2n) is 6.31. The zero-order chi connectivity index (χ0) is 19.2. The fourth-order valence-electron chi connectivity index (χ4n) is 3.30. The van der Waals surface area contributed by atoms with Gasteiger partial charge in [-0.25, -0.2) is 0 Å². The first-order chi connectivity index (χ1) is 13.2. The molecule has 1 aliphatic heterocycles. The van der Waals surface area contributed by atoms with Crippen LogP contribution in [0.2, 0.25) is 0 Å². The quantitative estimate of drug-likeness (QED) is 0.697. The van der Waals surface area contributed by atoms with Crippen LogP contribution in [0.1, 0.15) is 37.5 Å². The van der Waals surface area contributed by atoms with Gasteiger partial charge in [0.2, 0.25) is 0 Å². The molecule has 0 bridgehead atoms. The zero-order valence-electron chi connectivity index (χ0n) is 16.7. The Labute approximate surface area is 172 Å². The van der Waals surface area contributed by atoms with Crippen molar-refractivity contribution in [3.63, 3.8) is 0 Å². The fourth-order valence-corrected chi connectivity index (χ4v) is 3.30. The standard InChI is InChI=1S/C22H27NO4.ClH/c1-4-25-20-8-7-15(12-22(20)27-6-3)11-18-17-14-21(26-5-2)19(24)13-16(17)9-10-23-18;/h7-8,12-14,24H,4-6,9-11H2,1-3H3;1H. The monoisotopic (exact) mass is 405 g/mol. The van der Waals surface area contributed by atoms with Crippen molar-refractivity contribution in [3.8, 4) is 23.0 Å². The molecular weight excluding hydrogens is 378 g/mol. The maximum absolute atomic E-state index is 10.2. The highest BCUT2D eigenvalue weighted by Gasteiger charge is 2.19. The molecule has 0 saturated heterocycles. The first-order valence-electron chi connectivity index (χ1n) is 9.57.